The van der Waals surface area contributed by atoms with Gasteiger partial charge in [-0.15, -0.1) is 11.6 Å². The highest BCUT2D eigenvalue weighted by Gasteiger charge is 2.37. The van der Waals surface area contributed by atoms with Crippen LogP contribution in [0, 0.1) is 5.92 Å². The summed E-state index contributed by atoms with van der Waals surface area (Å²) in [6.45, 7) is 6.98. The molecule has 1 heterocycles. The average Bonchev–Trinajstić information content (AvgIpc) is 2.14. The average molecular weight is 221 g/mol. The van der Waals surface area contributed by atoms with E-state index in [0.717, 1.165) is 12.8 Å². The molecule has 1 fully saturated rings. The molecule has 0 N–H and O–H groups in total. The summed E-state index contributed by atoms with van der Waals surface area (Å²) in [5.41, 5.74) is 0. The third-order valence-corrected chi connectivity index (χ3v) is 3.16. The Bertz CT molecular complexity index is 165. The zero-order valence-electron chi connectivity index (χ0n) is 9.38. The van der Waals surface area contributed by atoms with Gasteiger partial charge in [0.1, 0.15) is 0 Å². The lowest BCUT2D eigenvalue weighted by atomic mass is 9.84. The minimum Gasteiger partial charge on any atom is -0.236 e. The fourth-order valence-electron chi connectivity index (χ4n) is 2.00. The molecule has 2 atom stereocenters. The van der Waals surface area contributed by atoms with Crippen molar-refractivity contribution in [3.8, 4) is 0 Å². The van der Waals surface area contributed by atoms with Gasteiger partial charge in [-0.2, -0.15) is 0 Å². The summed E-state index contributed by atoms with van der Waals surface area (Å²) < 4.78 is 0. The zero-order valence-corrected chi connectivity index (χ0v) is 10.1. The molecule has 0 amide bonds. The predicted octanol–water partition coefficient (Wildman–Crippen LogP) is 3.53. The number of alkyl halides is 1. The molecule has 3 heteroatoms. The van der Waals surface area contributed by atoms with Gasteiger partial charge in [-0.1, -0.05) is 19.8 Å². The van der Waals surface area contributed by atoms with Crippen molar-refractivity contribution in [2.24, 2.45) is 5.92 Å². The molecular weight excluding hydrogens is 200 g/mol. The summed E-state index contributed by atoms with van der Waals surface area (Å²) in [5, 5.41) is 0. The normalized spacial score (nSPS) is 29.1. The summed E-state index contributed by atoms with van der Waals surface area (Å²) in [7, 11) is 0. The van der Waals surface area contributed by atoms with Gasteiger partial charge in [0.2, 0.25) is 0 Å². The fraction of sp³-hybridized carbons (Fsp3) is 1.00. The molecule has 0 bridgehead atoms. The molecule has 2 nitrogen and oxygen atoms in total. The number of halogens is 1. The second-order valence-electron chi connectivity index (χ2n) is 4.56. The molecule has 14 heavy (non-hydrogen) atoms. The number of unbranched alkanes of at least 4 members (excludes halogenated alkanes) is 1. The van der Waals surface area contributed by atoms with E-state index < -0.39 is 0 Å². The third kappa shape index (κ3) is 3.41. The lowest BCUT2D eigenvalue weighted by Gasteiger charge is -2.37. The molecule has 0 radical (unpaired) electrons. The molecule has 0 spiro atoms. The molecule has 0 aromatic rings. The van der Waals surface area contributed by atoms with E-state index in [0.29, 0.717) is 12.5 Å². The van der Waals surface area contributed by atoms with Crippen molar-refractivity contribution in [1.29, 1.82) is 0 Å². The largest absolute Gasteiger partial charge is 0.236 e. The van der Waals surface area contributed by atoms with E-state index in [9.17, 15) is 0 Å². The van der Waals surface area contributed by atoms with Gasteiger partial charge in [-0.3, -0.25) is 0 Å². The smallest absolute Gasteiger partial charge is 0.0975 e. The first-order valence-corrected chi connectivity index (χ1v) is 5.90. The van der Waals surface area contributed by atoms with Crippen LogP contribution in [0.2, 0.25) is 0 Å². The van der Waals surface area contributed by atoms with E-state index in [1.165, 1.54) is 12.8 Å². The molecule has 1 aliphatic rings. The minimum atomic E-state index is -0.192. The lowest BCUT2D eigenvalue weighted by molar-refractivity contribution is -0.361. The molecule has 84 valence electrons. The predicted molar refractivity (Wildman–Crippen MR) is 58.4 cm³/mol. The first kappa shape index (κ1) is 12.3. The maximum Gasteiger partial charge on any atom is 0.0975 e. The fourth-order valence-corrected chi connectivity index (χ4v) is 2.25. The molecule has 2 unspecified atom stereocenters. The zero-order chi connectivity index (χ0) is 10.6. The molecule has 0 aromatic carbocycles. The Kier molecular flexibility index (Phi) is 4.68. The van der Waals surface area contributed by atoms with Crippen molar-refractivity contribution in [3.63, 3.8) is 0 Å². The van der Waals surface area contributed by atoms with Crippen LogP contribution in [0.25, 0.3) is 0 Å². The SMILES string of the molecule is CCCCC1OOCCC1C(C)(C)Cl. The summed E-state index contributed by atoms with van der Waals surface area (Å²) in [5.74, 6) is 0.407. The topological polar surface area (TPSA) is 18.5 Å². The summed E-state index contributed by atoms with van der Waals surface area (Å²) in [6, 6.07) is 0. The van der Waals surface area contributed by atoms with Crippen LogP contribution in [0.4, 0.5) is 0 Å². The van der Waals surface area contributed by atoms with Crippen LogP contribution >= 0.6 is 11.6 Å². The first-order valence-electron chi connectivity index (χ1n) is 5.53. The Labute approximate surface area is 91.8 Å². The minimum absolute atomic E-state index is 0.177. The van der Waals surface area contributed by atoms with E-state index >= 15 is 0 Å². The number of rotatable bonds is 4. The van der Waals surface area contributed by atoms with E-state index in [1.807, 2.05) is 0 Å². The highest BCUT2D eigenvalue weighted by molar-refractivity contribution is 6.23. The van der Waals surface area contributed by atoms with Crippen molar-refractivity contribution < 1.29 is 9.78 Å². The highest BCUT2D eigenvalue weighted by Crippen LogP contribution is 2.35. The number of hydrogen-bond acceptors (Lipinski definition) is 2. The van der Waals surface area contributed by atoms with Crippen molar-refractivity contribution in [1.82, 2.24) is 0 Å². The van der Waals surface area contributed by atoms with Crippen LogP contribution in [0.3, 0.4) is 0 Å². The Morgan fingerprint density at radius 3 is 2.71 bits per heavy atom. The van der Waals surface area contributed by atoms with Crippen LogP contribution in [0.15, 0.2) is 0 Å². The van der Waals surface area contributed by atoms with Crippen LogP contribution in [0.5, 0.6) is 0 Å². The van der Waals surface area contributed by atoms with Crippen molar-refractivity contribution in [3.05, 3.63) is 0 Å². The van der Waals surface area contributed by atoms with Gasteiger partial charge >= 0.3 is 0 Å². The summed E-state index contributed by atoms with van der Waals surface area (Å²) in [4.78, 5) is 10.2. The summed E-state index contributed by atoms with van der Waals surface area (Å²) >= 11 is 6.35. The molecule has 0 saturated carbocycles. The van der Waals surface area contributed by atoms with Crippen LogP contribution in [-0.4, -0.2) is 17.6 Å². The van der Waals surface area contributed by atoms with Crippen molar-refractivity contribution >= 4 is 11.6 Å². The van der Waals surface area contributed by atoms with E-state index in [4.69, 9.17) is 21.4 Å². The van der Waals surface area contributed by atoms with Crippen LogP contribution in [-0.2, 0) is 9.78 Å². The quantitative estimate of drug-likeness (QED) is 0.533. The Morgan fingerprint density at radius 1 is 1.43 bits per heavy atom. The van der Waals surface area contributed by atoms with Gasteiger partial charge < -0.3 is 0 Å². The molecule has 1 rings (SSSR count). The van der Waals surface area contributed by atoms with Crippen molar-refractivity contribution in [2.45, 2.75) is 57.4 Å². The van der Waals surface area contributed by atoms with Gasteiger partial charge in [0.05, 0.1) is 12.7 Å². The van der Waals surface area contributed by atoms with Gasteiger partial charge in [0, 0.05) is 10.8 Å². The van der Waals surface area contributed by atoms with E-state index in [-0.39, 0.29) is 11.0 Å². The molecular formula is C11H21ClO2. The Hall–Kier alpha value is 0.210. The maximum atomic E-state index is 6.35. The van der Waals surface area contributed by atoms with Gasteiger partial charge in [0.25, 0.3) is 0 Å². The highest BCUT2D eigenvalue weighted by atomic mass is 35.5. The monoisotopic (exact) mass is 220 g/mol. The van der Waals surface area contributed by atoms with Gasteiger partial charge in [-0.25, -0.2) is 9.78 Å². The second kappa shape index (κ2) is 5.34. The molecule has 0 aliphatic carbocycles. The Balaban J connectivity index is 2.50. The van der Waals surface area contributed by atoms with E-state index in [2.05, 4.69) is 20.8 Å². The lowest BCUT2D eigenvalue weighted by Crippen LogP contribution is -2.41. The standard InChI is InChI=1S/C11H21ClO2/c1-4-5-6-10-9(11(2,3)12)7-8-13-14-10/h9-10H,4-8H2,1-3H3. The van der Waals surface area contributed by atoms with Crippen LogP contribution in [0.1, 0.15) is 46.5 Å². The number of hydrogen-bond donors (Lipinski definition) is 0. The molecule has 1 aliphatic heterocycles. The Morgan fingerprint density at radius 2 is 2.14 bits per heavy atom. The van der Waals surface area contributed by atoms with Gasteiger partial charge in [-0.05, 0) is 26.7 Å². The first-order chi connectivity index (χ1) is 6.55. The van der Waals surface area contributed by atoms with Crippen molar-refractivity contribution in [2.75, 3.05) is 6.61 Å². The van der Waals surface area contributed by atoms with Crippen LogP contribution < -0.4 is 0 Å². The molecule has 1 saturated heterocycles. The molecule has 0 aromatic heterocycles. The second-order valence-corrected chi connectivity index (χ2v) is 5.53. The van der Waals surface area contributed by atoms with E-state index in [1.54, 1.807) is 0 Å². The van der Waals surface area contributed by atoms with Gasteiger partial charge in [0.15, 0.2) is 0 Å². The summed E-state index contributed by atoms with van der Waals surface area (Å²) in [6.07, 6.45) is 4.60. The third-order valence-electron chi connectivity index (χ3n) is 2.88. The maximum absolute atomic E-state index is 6.35.